The van der Waals surface area contributed by atoms with Gasteiger partial charge in [-0.05, 0) is 61.9 Å². The van der Waals surface area contributed by atoms with Crippen LogP contribution in [-0.4, -0.2) is 25.1 Å². The van der Waals surface area contributed by atoms with E-state index in [0.29, 0.717) is 30.0 Å². The van der Waals surface area contributed by atoms with E-state index in [4.69, 9.17) is 9.47 Å². The van der Waals surface area contributed by atoms with Gasteiger partial charge in [0.05, 0.1) is 18.8 Å². The van der Waals surface area contributed by atoms with Crippen LogP contribution >= 0.6 is 0 Å². The largest absolute Gasteiger partial charge is 0.494 e. The highest BCUT2D eigenvalue weighted by Gasteiger charge is 2.09. The fourth-order valence-corrected chi connectivity index (χ4v) is 2.04. The Morgan fingerprint density at radius 3 is 2.12 bits per heavy atom. The highest BCUT2D eigenvalue weighted by Crippen LogP contribution is 2.15. The van der Waals surface area contributed by atoms with Crippen molar-refractivity contribution in [3.8, 4) is 5.75 Å². The van der Waals surface area contributed by atoms with Crippen LogP contribution in [0.15, 0.2) is 48.5 Å². The first kappa shape index (κ1) is 17.5. The molecule has 5 nitrogen and oxygen atoms in total. The number of amides is 1. The topological polar surface area (TPSA) is 64.6 Å². The van der Waals surface area contributed by atoms with Crippen molar-refractivity contribution in [1.29, 1.82) is 0 Å². The van der Waals surface area contributed by atoms with Gasteiger partial charge in [-0.25, -0.2) is 4.79 Å². The lowest BCUT2D eigenvalue weighted by Crippen LogP contribution is -2.12. The quantitative estimate of drug-likeness (QED) is 0.783. The maximum atomic E-state index is 12.2. The summed E-state index contributed by atoms with van der Waals surface area (Å²) >= 11 is 0. The number of nitrogens with one attached hydrogen (secondary N) is 1. The molecule has 0 fully saturated rings. The molecule has 2 rings (SSSR count). The number of esters is 1. The van der Waals surface area contributed by atoms with Crippen molar-refractivity contribution in [3.63, 3.8) is 0 Å². The van der Waals surface area contributed by atoms with Crippen molar-refractivity contribution in [2.24, 2.45) is 0 Å². The minimum absolute atomic E-state index is 0.223. The van der Waals surface area contributed by atoms with Crippen molar-refractivity contribution in [1.82, 2.24) is 0 Å². The molecule has 24 heavy (non-hydrogen) atoms. The van der Waals surface area contributed by atoms with Gasteiger partial charge >= 0.3 is 5.97 Å². The number of anilines is 1. The molecule has 2 aromatic carbocycles. The Balaban J connectivity index is 1.97. The van der Waals surface area contributed by atoms with Gasteiger partial charge in [0, 0.05) is 11.3 Å². The fourth-order valence-electron chi connectivity index (χ4n) is 2.04. The van der Waals surface area contributed by atoms with E-state index in [0.717, 1.165) is 12.2 Å². The van der Waals surface area contributed by atoms with Crippen molar-refractivity contribution >= 4 is 17.6 Å². The lowest BCUT2D eigenvalue weighted by atomic mass is 10.1. The van der Waals surface area contributed by atoms with Gasteiger partial charge in [-0.2, -0.15) is 0 Å². The maximum absolute atomic E-state index is 12.2. The number of hydrogen-bond acceptors (Lipinski definition) is 4. The molecule has 0 saturated heterocycles. The molecular formula is C19H21NO4. The van der Waals surface area contributed by atoms with E-state index in [9.17, 15) is 9.59 Å². The molecule has 0 aliphatic carbocycles. The average molecular weight is 327 g/mol. The van der Waals surface area contributed by atoms with Gasteiger partial charge in [-0.15, -0.1) is 0 Å². The summed E-state index contributed by atoms with van der Waals surface area (Å²) in [7, 11) is 0. The van der Waals surface area contributed by atoms with Crippen LogP contribution in [0.3, 0.4) is 0 Å². The van der Waals surface area contributed by atoms with E-state index < -0.39 is 0 Å². The molecule has 0 aliphatic heterocycles. The van der Waals surface area contributed by atoms with Gasteiger partial charge in [0.1, 0.15) is 5.75 Å². The van der Waals surface area contributed by atoms with Crippen LogP contribution in [0.4, 0.5) is 5.69 Å². The minimum atomic E-state index is -0.360. The molecule has 126 valence electrons. The third-order valence-electron chi connectivity index (χ3n) is 3.24. The van der Waals surface area contributed by atoms with Gasteiger partial charge in [0.25, 0.3) is 5.91 Å². The second-order valence-electron chi connectivity index (χ2n) is 5.12. The Hall–Kier alpha value is -2.82. The number of ether oxygens (including phenoxy) is 2. The zero-order chi connectivity index (χ0) is 17.4. The van der Waals surface area contributed by atoms with E-state index in [1.807, 2.05) is 13.8 Å². The smallest absolute Gasteiger partial charge is 0.338 e. The maximum Gasteiger partial charge on any atom is 0.338 e. The SMILES string of the molecule is CCCOC(=O)c1ccc(NC(=O)c2ccc(OCC)cc2)cc1. The van der Waals surface area contributed by atoms with Gasteiger partial charge in [-0.1, -0.05) is 6.92 Å². The van der Waals surface area contributed by atoms with Crippen LogP contribution in [0.1, 0.15) is 41.0 Å². The van der Waals surface area contributed by atoms with E-state index in [1.54, 1.807) is 48.5 Å². The van der Waals surface area contributed by atoms with Crippen LogP contribution in [0.2, 0.25) is 0 Å². The molecule has 0 unspecified atom stereocenters. The summed E-state index contributed by atoms with van der Waals surface area (Å²) in [4.78, 5) is 23.9. The molecule has 0 bridgehead atoms. The van der Waals surface area contributed by atoms with E-state index in [1.165, 1.54) is 0 Å². The summed E-state index contributed by atoms with van der Waals surface area (Å²) < 4.78 is 10.4. The summed E-state index contributed by atoms with van der Waals surface area (Å²) in [6, 6.07) is 13.5. The monoisotopic (exact) mass is 327 g/mol. The van der Waals surface area contributed by atoms with E-state index in [-0.39, 0.29) is 11.9 Å². The van der Waals surface area contributed by atoms with Gasteiger partial charge in [0.15, 0.2) is 0 Å². The predicted molar refractivity (Wildman–Crippen MR) is 92.6 cm³/mol. The molecule has 0 atom stereocenters. The summed E-state index contributed by atoms with van der Waals surface area (Å²) in [6.07, 6.45) is 0.780. The molecule has 0 heterocycles. The number of hydrogen-bond donors (Lipinski definition) is 1. The second-order valence-corrected chi connectivity index (χ2v) is 5.12. The summed E-state index contributed by atoms with van der Waals surface area (Å²) in [5.41, 5.74) is 1.60. The Morgan fingerprint density at radius 1 is 0.917 bits per heavy atom. The molecule has 0 aromatic heterocycles. The summed E-state index contributed by atoms with van der Waals surface area (Å²) in [5.74, 6) is 0.143. The third kappa shape index (κ3) is 4.84. The molecule has 2 aromatic rings. The van der Waals surface area contributed by atoms with Gasteiger partial charge in [0.2, 0.25) is 0 Å². The first-order valence-corrected chi connectivity index (χ1v) is 7.95. The minimum Gasteiger partial charge on any atom is -0.494 e. The molecule has 0 saturated carbocycles. The summed E-state index contributed by atoms with van der Waals surface area (Å²) in [5, 5.41) is 2.79. The van der Waals surface area contributed by atoms with Gasteiger partial charge < -0.3 is 14.8 Å². The van der Waals surface area contributed by atoms with Crippen molar-refractivity contribution in [2.75, 3.05) is 18.5 Å². The molecule has 1 amide bonds. The Bertz CT molecular complexity index is 678. The zero-order valence-corrected chi connectivity index (χ0v) is 13.9. The number of carbonyl (C=O) groups is 2. The molecule has 0 radical (unpaired) electrons. The number of benzene rings is 2. The Labute approximate surface area is 141 Å². The Kier molecular flexibility index (Phi) is 6.37. The molecular weight excluding hydrogens is 306 g/mol. The first-order valence-electron chi connectivity index (χ1n) is 7.95. The average Bonchev–Trinajstić information content (AvgIpc) is 2.61. The molecule has 5 heteroatoms. The van der Waals surface area contributed by atoms with Crippen molar-refractivity contribution < 1.29 is 19.1 Å². The lowest BCUT2D eigenvalue weighted by Gasteiger charge is -2.08. The van der Waals surface area contributed by atoms with Crippen LogP contribution < -0.4 is 10.1 Å². The molecule has 0 spiro atoms. The zero-order valence-electron chi connectivity index (χ0n) is 13.9. The highest BCUT2D eigenvalue weighted by atomic mass is 16.5. The fraction of sp³-hybridized carbons (Fsp3) is 0.263. The van der Waals surface area contributed by atoms with Crippen molar-refractivity contribution in [2.45, 2.75) is 20.3 Å². The third-order valence-corrected chi connectivity index (χ3v) is 3.24. The number of rotatable bonds is 7. The van der Waals surface area contributed by atoms with Crippen LogP contribution in [0, 0.1) is 0 Å². The first-order chi connectivity index (χ1) is 11.6. The van der Waals surface area contributed by atoms with Crippen LogP contribution in [0.25, 0.3) is 0 Å². The highest BCUT2D eigenvalue weighted by molar-refractivity contribution is 6.04. The molecule has 0 aliphatic rings. The molecule has 1 N–H and O–H groups in total. The normalized spacial score (nSPS) is 10.1. The van der Waals surface area contributed by atoms with Crippen molar-refractivity contribution in [3.05, 3.63) is 59.7 Å². The lowest BCUT2D eigenvalue weighted by molar-refractivity contribution is 0.0505. The predicted octanol–water partition coefficient (Wildman–Crippen LogP) is 3.90. The van der Waals surface area contributed by atoms with Crippen LogP contribution in [-0.2, 0) is 4.74 Å². The second kappa shape index (κ2) is 8.72. The van der Waals surface area contributed by atoms with E-state index in [2.05, 4.69) is 5.32 Å². The van der Waals surface area contributed by atoms with E-state index >= 15 is 0 Å². The number of carbonyl (C=O) groups excluding carboxylic acids is 2. The van der Waals surface area contributed by atoms with Gasteiger partial charge in [-0.3, -0.25) is 4.79 Å². The Morgan fingerprint density at radius 2 is 1.54 bits per heavy atom. The van der Waals surface area contributed by atoms with Crippen LogP contribution in [0.5, 0.6) is 5.75 Å². The standard InChI is InChI=1S/C19H21NO4/c1-3-13-24-19(22)15-5-9-16(10-6-15)20-18(21)14-7-11-17(12-8-14)23-4-2/h5-12H,3-4,13H2,1-2H3,(H,20,21). The summed E-state index contributed by atoms with van der Waals surface area (Å²) in [6.45, 7) is 4.82.